The summed E-state index contributed by atoms with van der Waals surface area (Å²) >= 11 is 0. The second-order valence-corrected chi connectivity index (χ2v) is 4.67. The summed E-state index contributed by atoms with van der Waals surface area (Å²) in [5, 5.41) is 0. The quantitative estimate of drug-likeness (QED) is 0.722. The molecule has 5 heteroatoms. The minimum atomic E-state index is -0.429. The van der Waals surface area contributed by atoms with E-state index < -0.39 is 11.9 Å². The summed E-state index contributed by atoms with van der Waals surface area (Å²) in [5.74, 6) is -0.567. The van der Waals surface area contributed by atoms with Crippen molar-refractivity contribution in [2.75, 3.05) is 13.1 Å². The first-order valence-corrected chi connectivity index (χ1v) is 6.41. The van der Waals surface area contributed by atoms with Crippen LogP contribution in [0.5, 0.6) is 0 Å². The zero-order valence-electron chi connectivity index (χ0n) is 10.5. The lowest BCUT2D eigenvalue weighted by molar-refractivity contribution is -0.144. The molecular formula is C12H23N3O2. The van der Waals surface area contributed by atoms with E-state index in [1.165, 1.54) is 0 Å². The lowest BCUT2D eigenvalue weighted by Gasteiger charge is -2.35. The van der Waals surface area contributed by atoms with E-state index in [0.29, 0.717) is 19.5 Å². The van der Waals surface area contributed by atoms with E-state index in [2.05, 4.69) is 0 Å². The highest BCUT2D eigenvalue weighted by Crippen LogP contribution is 2.20. The lowest BCUT2D eigenvalue weighted by atomic mass is 9.96. The van der Waals surface area contributed by atoms with E-state index >= 15 is 0 Å². The Bertz CT molecular complexity index is 281. The predicted molar refractivity (Wildman–Crippen MR) is 66.0 cm³/mol. The van der Waals surface area contributed by atoms with Crippen LogP contribution in [-0.4, -0.2) is 35.8 Å². The van der Waals surface area contributed by atoms with Gasteiger partial charge in [-0.15, -0.1) is 0 Å². The van der Waals surface area contributed by atoms with Crippen LogP contribution in [0.4, 0.5) is 0 Å². The summed E-state index contributed by atoms with van der Waals surface area (Å²) in [6.45, 7) is 3.00. The Hall–Kier alpha value is -1.10. The van der Waals surface area contributed by atoms with Crippen molar-refractivity contribution in [3.05, 3.63) is 0 Å². The zero-order chi connectivity index (χ0) is 12.8. The highest BCUT2D eigenvalue weighted by atomic mass is 16.2. The summed E-state index contributed by atoms with van der Waals surface area (Å²) in [5.41, 5.74) is 11.0. The predicted octanol–water partition coefficient (Wildman–Crippen LogP) is 0.228. The van der Waals surface area contributed by atoms with Crippen molar-refractivity contribution in [2.24, 2.45) is 17.4 Å². The van der Waals surface area contributed by atoms with Crippen molar-refractivity contribution >= 4 is 11.8 Å². The number of hydrogen-bond acceptors (Lipinski definition) is 3. The van der Waals surface area contributed by atoms with Crippen LogP contribution in [0.3, 0.4) is 0 Å². The van der Waals surface area contributed by atoms with Crippen molar-refractivity contribution in [2.45, 2.75) is 45.1 Å². The number of nitrogens with zero attached hydrogens (tertiary/aromatic N) is 1. The van der Waals surface area contributed by atoms with Gasteiger partial charge in [-0.05, 0) is 25.7 Å². The first-order valence-electron chi connectivity index (χ1n) is 6.41. The number of nitrogens with two attached hydrogens (primary N) is 2. The maximum absolute atomic E-state index is 12.3. The van der Waals surface area contributed by atoms with Gasteiger partial charge in [-0.25, -0.2) is 0 Å². The Morgan fingerprint density at radius 2 is 2.12 bits per heavy atom. The average Bonchev–Trinajstić information content (AvgIpc) is 2.35. The van der Waals surface area contributed by atoms with Gasteiger partial charge in [0.15, 0.2) is 0 Å². The average molecular weight is 241 g/mol. The van der Waals surface area contributed by atoms with Gasteiger partial charge < -0.3 is 16.4 Å². The second-order valence-electron chi connectivity index (χ2n) is 4.67. The molecule has 0 aromatic carbocycles. The third-order valence-electron chi connectivity index (χ3n) is 3.39. The molecule has 2 unspecified atom stereocenters. The minimum Gasteiger partial charge on any atom is -0.368 e. The van der Waals surface area contributed by atoms with E-state index in [4.69, 9.17) is 11.5 Å². The topological polar surface area (TPSA) is 89.4 Å². The number of amides is 2. The van der Waals surface area contributed by atoms with Crippen molar-refractivity contribution in [3.8, 4) is 0 Å². The summed E-state index contributed by atoms with van der Waals surface area (Å²) in [4.78, 5) is 25.2. The van der Waals surface area contributed by atoms with E-state index in [1.807, 2.05) is 6.92 Å². The number of primary amides is 1. The highest BCUT2D eigenvalue weighted by Gasteiger charge is 2.33. The van der Waals surface area contributed by atoms with Crippen LogP contribution in [0.2, 0.25) is 0 Å². The smallest absolute Gasteiger partial charge is 0.240 e. The molecule has 0 spiro atoms. The number of rotatable bonds is 5. The molecule has 0 saturated carbocycles. The first-order chi connectivity index (χ1) is 8.11. The van der Waals surface area contributed by atoms with Crippen molar-refractivity contribution in [3.63, 3.8) is 0 Å². The zero-order valence-corrected chi connectivity index (χ0v) is 10.5. The van der Waals surface area contributed by atoms with Crippen molar-refractivity contribution in [1.29, 1.82) is 0 Å². The van der Waals surface area contributed by atoms with E-state index in [0.717, 1.165) is 25.7 Å². The summed E-state index contributed by atoms with van der Waals surface area (Å²) in [7, 11) is 0. The van der Waals surface area contributed by atoms with Crippen LogP contribution in [0, 0.1) is 5.92 Å². The van der Waals surface area contributed by atoms with Gasteiger partial charge in [0.25, 0.3) is 0 Å². The molecule has 0 aliphatic carbocycles. The third kappa shape index (κ3) is 3.43. The van der Waals surface area contributed by atoms with Crippen LogP contribution in [0.25, 0.3) is 0 Å². The maximum atomic E-state index is 12.3. The maximum Gasteiger partial charge on any atom is 0.240 e. The molecule has 4 N–H and O–H groups in total. The van der Waals surface area contributed by atoms with Crippen molar-refractivity contribution in [1.82, 2.24) is 4.90 Å². The van der Waals surface area contributed by atoms with Gasteiger partial charge in [0, 0.05) is 13.1 Å². The Kier molecular flexibility index (Phi) is 5.41. The van der Waals surface area contributed by atoms with Gasteiger partial charge in [0.2, 0.25) is 11.8 Å². The van der Waals surface area contributed by atoms with Gasteiger partial charge in [0.1, 0.15) is 6.04 Å². The largest absolute Gasteiger partial charge is 0.368 e. The fourth-order valence-electron chi connectivity index (χ4n) is 2.42. The number of piperidine rings is 1. The van der Waals surface area contributed by atoms with Crippen LogP contribution >= 0.6 is 0 Å². The monoisotopic (exact) mass is 241 g/mol. The third-order valence-corrected chi connectivity index (χ3v) is 3.39. The second kappa shape index (κ2) is 6.59. The molecule has 1 aliphatic heterocycles. The van der Waals surface area contributed by atoms with Gasteiger partial charge in [0.05, 0.1) is 5.92 Å². The Morgan fingerprint density at radius 1 is 1.41 bits per heavy atom. The molecule has 0 radical (unpaired) electrons. The van der Waals surface area contributed by atoms with Gasteiger partial charge in [-0.3, -0.25) is 9.59 Å². The van der Waals surface area contributed by atoms with Crippen LogP contribution in [0.1, 0.15) is 39.0 Å². The van der Waals surface area contributed by atoms with Crippen molar-refractivity contribution < 1.29 is 9.59 Å². The molecule has 1 heterocycles. The number of carbonyl (C=O) groups excluding carboxylic acids is 2. The normalized spacial score (nSPS) is 22.2. The van der Waals surface area contributed by atoms with Gasteiger partial charge >= 0.3 is 0 Å². The molecule has 98 valence electrons. The lowest BCUT2D eigenvalue weighted by Crippen LogP contribution is -2.53. The summed E-state index contributed by atoms with van der Waals surface area (Å²) in [6, 6.07) is -0.429. The molecule has 2 amide bonds. The number of likely N-dealkylation sites (tertiary alicyclic amines) is 1. The molecule has 0 aromatic heterocycles. The van der Waals surface area contributed by atoms with E-state index in [1.54, 1.807) is 4.90 Å². The Morgan fingerprint density at radius 3 is 2.65 bits per heavy atom. The molecule has 1 aliphatic rings. The molecule has 0 bridgehead atoms. The Labute approximate surface area is 103 Å². The SMILES string of the molecule is CCCC(CN)C(=O)N1CCCCC1C(N)=O. The van der Waals surface area contributed by atoms with Gasteiger partial charge in [-0.2, -0.15) is 0 Å². The first kappa shape index (κ1) is 14.0. The highest BCUT2D eigenvalue weighted by molar-refractivity contribution is 5.87. The molecule has 1 fully saturated rings. The number of hydrogen-bond donors (Lipinski definition) is 2. The summed E-state index contributed by atoms with van der Waals surface area (Å²) in [6.07, 6.45) is 4.28. The molecule has 1 rings (SSSR count). The van der Waals surface area contributed by atoms with Crippen LogP contribution in [-0.2, 0) is 9.59 Å². The Balaban J connectivity index is 2.73. The van der Waals surface area contributed by atoms with Gasteiger partial charge in [-0.1, -0.05) is 13.3 Å². The molecule has 1 saturated heterocycles. The molecule has 2 atom stereocenters. The minimum absolute atomic E-state index is 0.00199. The van der Waals surface area contributed by atoms with Crippen LogP contribution < -0.4 is 11.5 Å². The number of carbonyl (C=O) groups is 2. The fourth-order valence-corrected chi connectivity index (χ4v) is 2.42. The van der Waals surface area contributed by atoms with E-state index in [-0.39, 0.29) is 11.8 Å². The molecular weight excluding hydrogens is 218 g/mol. The van der Waals surface area contributed by atoms with Crippen LogP contribution in [0.15, 0.2) is 0 Å². The molecule has 17 heavy (non-hydrogen) atoms. The summed E-state index contributed by atoms with van der Waals surface area (Å²) < 4.78 is 0. The van der Waals surface area contributed by atoms with E-state index in [9.17, 15) is 9.59 Å². The molecule has 0 aromatic rings. The molecule has 5 nitrogen and oxygen atoms in total. The fraction of sp³-hybridized carbons (Fsp3) is 0.833. The standard InChI is InChI=1S/C12H23N3O2/c1-2-5-9(8-13)12(17)15-7-4-3-6-10(15)11(14)16/h9-10H,2-8,13H2,1H3,(H2,14,16).